The van der Waals surface area contributed by atoms with Crippen LogP contribution in [0.15, 0.2) is 48.7 Å². The Morgan fingerprint density at radius 2 is 1.93 bits per heavy atom. The molecule has 0 saturated heterocycles. The van der Waals surface area contributed by atoms with E-state index in [0.29, 0.717) is 11.8 Å². The maximum absolute atomic E-state index is 12.8. The van der Waals surface area contributed by atoms with Gasteiger partial charge in [-0.2, -0.15) is 0 Å². The van der Waals surface area contributed by atoms with Crippen molar-refractivity contribution in [1.29, 1.82) is 0 Å². The molecule has 1 atom stereocenters. The number of aryl methyl sites for hydroxylation is 1. The van der Waals surface area contributed by atoms with Gasteiger partial charge in [0.15, 0.2) is 0 Å². The molecule has 1 saturated carbocycles. The third-order valence-electron chi connectivity index (χ3n) is 4.56. The number of hydrogen-bond acceptors (Lipinski definition) is 4. The summed E-state index contributed by atoms with van der Waals surface area (Å²) in [5, 5.41) is 2.86. The van der Waals surface area contributed by atoms with Gasteiger partial charge in [-0.25, -0.2) is 0 Å². The minimum absolute atomic E-state index is 0.0480. The Morgan fingerprint density at radius 3 is 2.56 bits per heavy atom. The number of anilines is 1. The van der Waals surface area contributed by atoms with Crippen molar-refractivity contribution in [3.63, 3.8) is 0 Å². The van der Waals surface area contributed by atoms with Gasteiger partial charge in [-0.05, 0) is 51.0 Å². The van der Waals surface area contributed by atoms with Gasteiger partial charge in [-0.1, -0.05) is 23.8 Å². The van der Waals surface area contributed by atoms with Gasteiger partial charge < -0.3 is 10.2 Å². The Kier molecular flexibility index (Phi) is 6.50. The summed E-state index contributed by atoms with van der Waals surface area (Å²) in [7, 11) is 0. The van der Waals surface area contributed by atoms with Crippen LogP contribution < -0.4 is 5.32 Å². The van der Waals surface area contributed by atoms with Crippen LogP contribution in [0.25, 0.3) is 0 Å². The summed E-state index contributed by atoms with van der Waals surface area (Å²) >= 11 is 1.35. The zero-order valence-electron chi connectivity index (χ0n) is 15.7. The second-order valence-corrected chi connectivity index (χ2v) is 7.86. The smallest absolute Gasteiger partial charge is 0.234 e. The highest BCUT2D eigenvalue weighted by molar-refractivity contribution is 8.00. The molecule has 1 heterocycles. The summed E-state index contributed by atoms with van der Waals surface area (Å²) < 4.78 is 0. The van der Waals surface area contributed by atoms with Crippen LogP contribution in [0.3, 0.4) is 0 Å². The molecule has 5 nitrogen and oxygen atoms in total. The minimum Gasteiger partial charge on any atom is -0.331 e. The second kappa shape index (κ2) is 9.04. The average molecular weight is 384 g/mol. The van der Waals surface area contributed by atoms with Crippen LogP contribution in [0.4, 0.5) is 5.69 Å². The number of hydrogen-bond donors (Lipinski definition) is 1. The first-order valence-corrected chi connectivity index (χ1v) is 10.4. The van der Waals surface area contributed by atoms with Gasteiger partial charge in [0.25, 0.3) is 0 Å². The van der Waals surface area contributed by atoms with Crippen molar-refractivity contribution in [2.24, 2.45) is 0 Å². The molecule has 27 heavy (non-hydrogen) atoms. The fourth-order valence-corrected chi connectivity index (χ4v) is 3.68. The Bertz CT molecular complexity index is 776. The molecule has 0 aliphatic heterocycles. The number of carbonyl (C=O) groups is 2. The quantitative estimate of drug-likeness (QED) is 0.753. The lowest BCUT2D eigenvalue weighted by atomic mass is 10.1. The molecule has 2 amide bonds. The normalized spacial score (nSPS) is 14.4. The summed E-state index contributed by atoms with van der Waals surface area (Å²) in [6.07, 6.45) is 3.84. The van der Waals surface area contributed by atoms with Crippen molar-refractivity contribution in [3.8, 4) is 0 Å². The zero-order valence-corrected chi connectivity index (χ0v) is 16.5. The van der Waals surface area contributed by atoms with Crippen LogP contribution in [-0.4, -0.2) is 39.2 Å². The number of pyridine rings is 1. The largest absolute Gasteiger partial charge is 0.331 e. The molecule has 1 fully saturated rings. The van der Waals surface area contributed by atoms with Crippen LogP contribution in [-0.2, 0) is 9.59 Å². The Hall–Kier alpha value is -2.34. The van der Waals surface area contributed by atoms with Gasteiger partial charge in [0, 0.05) is 17.9 Å². The highest BCUT2D eigenvalue weighted by Crippen LogP contribution is 2.34. The van der Waals surface area contributed by atoms with Crippen molar-refractivity contribution >= 4 is 29.3 Å². The van der Waals surface area contributed by atoms with E-state index >= 15 is 0 Å². The fourth-order valence-electron chi connectivity index (χ4n) is 2.99. The first-order valence-electron chi connectivity index (χ1n) is 9.21. The van der Waals surface area contributed by atoms with E-state index in [0.717, 1.165) is 29.8 Å². The second-order valence-electron chi connectivity index (χ2n) is 6.87. The fraction of sp³-hybridized carbons (Fsp3) is 0.381. The van der Waals surface area contributed by atoms with Crippen LogP contribution in [0.2, 0.25) is 0 Å². The van der Waals surface area contributed by atoms with E-state index in [1.807, 2.05) is 61.2 Å². The van der Waals surface area contributed by atoms with Crippen molar-refractivity contribution in [2.75, 3.05) is 16.8 Å². The minimum atomic E-state index is -0.0904. The van der Waals surface area contributed by atoms with Gasteiger partial charge in [0.05, 0.1) is 23.2 Å². The third-order valence-corrected chi connectivity index (χ3v) is 5.47. The highest BCUT2D eigenvalue weighted by atomic mass is 32.2. The number of benzene rings is 1. The summed E-state index contributed by atoms with van der Waals surface area (Å²) in [5.41, 5.74) is 2.83. The van der Waals surface area contributed by atoms with Crippen LogP contribution in [0.1, 0.15) is 37.1 Å². The molecular formula is C21H25N3O2S. The van der Waals surface area contributed by atoms with E-state index in [9.17, 15) is 9.59 Å². The molecule has 0 radical (unpaired) electrons. The molecule has 142 valence electrons. The molecule has 1 N–H and O–H groups in total. The molecule has 3 rings (SSSR count). The van der Waals surface area contributed by atoms with E-state index in [4.69, 9.17) is 0 Å². The number of thioether (sulfide) groups is 1. The molecule has 2 aromatic rings. The Labute approximate surface area is 164 Å². The molecule has 6 heteroatoms. The summed E-state index contributed by atoms with van der Waals surface area (Å²) in [6.45, 7) is 4.03. The predicted octanol–water partition coefficient (Wildman–Crippen LogP) is 3.81. The predicted molar refractivity (Wildman–Crippen MR) is 110 cm³/mol. The number of amides is 2. The van der Waals surface area contributed by atoms with Gasteiger partial charge in [-0.3, -0.25) is 14.6 Å². The number of nitrogens with zero attached hydrogens (tertiary/aromatic N) is 2. The van der Waals surface area contributed by atoms with Crippen LogP contribution in [0.5, 0.6) is 0 Å². The standard InChI is InChI=1S/C21H25N3O2S/c1-15-6-8-17(9-7-15)23-20(25)13-27-14-21(26)24(18-10-11-18)16(2)19-5-3-4-12-22-19/h3-9,12,16,18H,10-11,13-14H2,1-2H3,(H,23,25). The number of nitrogens with one attached hydrogen (secondary N) is 1. The van der Waals surface area contributed by atoms with Crippen LogP contribution in [0, 0.1) is 6.92 Å². The monoisotopic (exact) mass is 383 g/mol. The summed E-state index contributed by atoms with van der Waals surface area (Å²) in [4.78, 5) is 31.2. The lowest BCUT2D eigenvalue weighted by molar-refractivity contribution is -0.131. The van der Waals surface area contributed by atoms with Gasteiger partial charge >= 0.3 is 0 Å². The van der Waals surface area contributed by atoms with Crippen LogP contribution >= 0.6 is 11.8 Å². The molecule has 1 aliphatic carbocycles. The van der Waals surface area contributed by atoms with E-state index < -0.39 is 0 Å². The first-order chi connectivity index (χ1) is 13.0. The Morgan fingerprint density at radius 1 is 1.19 bits per heavy atom. The lowest BCUT2D eigenvalue weighted by Crippen LogP contribution is -2.37. The third kappa shape index (κ3) is 5.57. The molecule has 1 aromatic carbocycles. The molecule has 0 spiro atoms. The molecule has 1 unspecified atom stereocenters. The molecule has 1 aromatic heterocycles. The van der Waals surface area contributed by atoms with Gasteiger partial charge in [-0.15, -0.1) is 11.8 Å². The number of aromatic nitrogens is 1. The van der Waals surface area contributed by atoms with Crippen molar-refractivity contribution in [1.82, 2.24) is 9.88 Å². The average Bonchev–Trinajstić information content (AvgIpc) is 3.49. The molecule has 0 bridgehead atoms. The molecular weight excluding hydrogens is 358 g/mol. The highest BCUT2D eigenvalue weighted by Gasteiger charge is 2.36. The van der Waals surface area contributed by atoms with E-state index in [2.05, 4.69) is 10.3 Å². The van der Waals surface area contributed by atoms with Crippen molar-refractivity contribution in [2.45, 2.75) is 38.8 Å². The SMILES string of the molecule is Cc1ccc(NC(=O)CSCC(=O)N(C2CC2)C(C)c2ccccn2)cc1. The van der Waals surface area contributed by atoms with E-state index in [-0.39, 0.29) is 23.6 Å². The van der Waals surface area contributed by atoms with E-state index in [1.54, 1.807) is 6.20 Å². The van der Waals surface area contributed by atoms with Gasteiger partial charge in [0.2, 0.25) is 11.8 Å². The first kappa shape index (κ1) is 19.4. The molecule has 1 aliphatic rings. The summed E-state index contributed by atoms with van der Waals surface area (Å²) in [6, 6.07) is 13.7. The summed E-state index contributed by atoms with van der Waals surface area (Å²) in [5.74, 6) is 0.543. The van der Waals surface area contributed by atoms with Crippen molar-refractivity contribution in [3.05, 3.63) is 59.9 Å². The number of carbonyl (C=O) groups excluding carboxylic acids is 2. The zero-order chi connectivity index (χ0) is 19.2. The van der Waals surface area contributed by atoms with Crippen molar-refractivity contribution < 1.29 is 9.59 Å². The van der Waals surface area contributed by atoms with Gasteiger partial charge in [0.1, 0.15) is 0 Å². The topological polar surface area (TPSA) is 62.3 Å². The lowest BCUT2D eigenvalue weighted by Gasteiger charge is -2.29. The van der Waals surface area contributed by atoms with E-state index in [1.165, 1.54) is 11.8 Å². The maximum Gasteiger partial charge on any atom is 0.234 e. The Balaban J connectivity index is 1.49. The number of rotatable bonds is 8. The maximum atomic E-state index is 12.8.